The largest absolute Gasteiger partial charge is 0.457 e. The van der Waals surface area contributed by atoms with Gasteiger partial charge in [0.2, 0.25) is 0 Å². The van der Waals surface area contributed by atoms with Gasteiger partial charge in [-0.1, -0.05) is 123 Å². The molecule has 2 aliphatic rings. The second-order valence-corrected chi connectivity index (χ2v) is 11.9. The van der Waals surface area contributed by atoms with Gasteiger partial charge in [0, 0.05) is 22.0 Å². The number of benzene rings is 6. The van der Waals surface area contributed by atoms with Crippen LogP contribution >= 0.6 is 0 Å². The minimum absolute atomic E-state index is 0.193. The zero-order chi connectivity index (χ0) is 27.1. The monoisotopic (exact) mass is 514 g/mol. The Morgan fingerprint density at radius 3 is 2.10 bits per heavy atom. The van der Waals surface area contributed by atoms with E-state index < -0.39 is 0 Å². The second-order valence-electron chi connectivity index (χ2n) is 11.9. The molecule has 0 spiro atoms. The Morgan fingerprint density at radius 2 is 1.23 bits per heavy atom. The molecule has 0 saturated carbocycles. The van der Waals surface area contributed by atoms with E-state index in [1.165, 1.54) is 60.8 Å². The number of hydrogen-bond acceptors (Lipinski definition) is 1. The van der Waals surface area contributed by atoms with Crippen LogP contribution in [0.4, 0.5) is 0 Å². The number of fused-ring (bicyclic) bond motifs is 7. The summed E-state index contributed by atoms with van der Waals surface area (Å²) < 4.78 is 6.48. The highest BCUT2D eigenvalue weighted by atomic mass is 16.5. The summed E-state index contributed by atoms with van der Waals surface area (Å²) in [5, 5.41) is 2.61. The average Bonchev–Trinajstić information content (AvgIpc) is 3.26. The Hall–Kier alpha value is -4.62. The third-order valence-electron chi connectivity index (χ3n) is 9.37. The zero-order valence-corrected chi connectivity index (χ0v) is 23.0. The molecule has 0 radical (unpaired) electrons. The number of hydrogen-bond donors (Lipinski definition) is 0. The lowest BCUT2D eigenvalue weighted by Gasteiger charge is -2.36. The number of ether oxygens (including phenoxy) is 1. The first-order valence-corrected chi connectivity index (χ1v) is 14.1. The van der Waals surface area contributed by atoms with Gasteiger partial charge in [-0.2, -0.15) is 0 Å². The van der Waals surface area contributed by atoms with Crippen molar-refractivity contribution in [1.82, 2.24) is 0 Å². The molecule has 0 fully saturated rings. The molecule has 0 saturated heterocycles. The van der Waals surface area contributed by atoms with Crippen molar-refractivity contribution in [3.63, 3.8) is 0 Å². The lowest BCUT2D eigenvalue weighted by atomic mass is 9.71. The molecule has 0 amide bonds. The van der Waals surface area contributed by atoms with Gasteiger partial charge in [-0.15, -0.1) is 0 Å². The molecular formula is C39H30O. The Bertz CT molecular complexity index is 1960. The van der Waals surface area contributed by atoms with Crippen LogP contribution in [0.1, 0.15) is 48.6 Å². The summed E-state index contributed by atoms with van der Waals surface area (Å²) in [7, 11) is 0. The molecule has 1 heterocycles. The van der Waals surface area contributed by atoms with Crippen molar-refractivity contribution in [3.8, 4) is 33.8 Å². The Labute approximate surface area is 235 Å². The molecule has 6 aromatic carbocycles. The molecule has 1 unspecified atom stereocenters. The topological polar surface area (TPSA) is 9.23 Å². The molecule has 192 valence electrons. The highest BCUT2D eigenvalue weighted by Crippen LogP contribution is 2.56. The van der Waals surface area contributed by atoms with Crippen LogP contribution in [-0.2, 0) is 10.8 Å². The smallest absolute Gasteiger partial charge is 0.132 e. The maximum Gasteiger partial charge on any atom is 0.132 e. The SMILES string of the molecule is CC1(C)c2ccccc2Oc2cccc(-c3ccc4c(c3)C(C)(c3ccccc3)c3c-4ccc4ccccc34)c21. The van der Waals surface area contributed by atoms with Gasteiger partial charge in [0.05, 0.1) is 0 Å². The van der Waals surface area contributed by atoms with Crippen LogP contribution in [0.25, 0.3) is 33.0 Å². The van der Waals surface area contributed by atoms with E-state index in [9.17, 15) is 0 Å². The van der Waals surface area contributed by atoms with Crippen molar-refractivity contribution in [1.29, 1.82) is 0 Å². The van der Waals surface area contributed by atoms with E-state index in [1.807, 2.05) is 0 Å². The van der Waals surface area contributed by atoms with Crippen molar-refractivity contribution in [2.24, 2.45) is 0 Å². The zero-order valence-electron chi connectivity index (χ0n) is 23.0. The number of rotatable bonds is 2. The molecule has 1 nitrogen and oxygen atoms in total. The molecule has 0 N–H and O–H groups in total. The molecule has 40 heavy (non-hydrogen) atoms. The third kappa shape index (κ3) is 3.04. The first-order valence-electron chi connectivity index (χ1n) is 14.1. The Morgan fingerprint density at radius 1 is 0.500 bits per heavy atom. The minimum Gasteiger partial charge on any atom is -0.457 e. The standard InChI is InChI=1S/C39H30O/c1-38(2)32-17-9-10-18-34(32)40-35-19-11-16-29(37(35)38)26-21-22-30-31-23-20-25-12-7-8-15-28(25)36(31)39(3,33(30)24-26)27-13-5-4-6-14-27/h4-24H,1-3H3. The van der Waals surface area contributed by atoms with Gasteiger partial charge in [0.1, 0.15) is 11.5 Å². The normalized spacial score (nSPS) is 17.9. The maximum absolute atomic E-state index is 6.48. The molecular weight excluding hydrogens is 484 g/mol. The van der Waals surface area contributed by atoms with E-state index in [2.05, 4.69) is 148 Å². The summed E-state index contributed by atoms with van der Waals surface area (Å²) in [6.07, 6.45) is 0. The number of para-hydroxylation sites is 1. The molecule has 1 aliphatic heterocycles. The summed E-state index contributed by atoms with van der Waals surface area (Å²) in [4.78, 5) is 0. The minimum atomic E-state index is -0.281. The maximum atomic E-state index is 6.48. The van der Waals surface area contributed by atoms with Crippen LogP contribution in [0, 0.1) is 0 Å². The van der Waals surface area contributed by atoms with Crippen molar-refractivity contribution in [2.45, 2.75) is 31.6 Å². The van der Waals surface area contributed by atoms with Crippen molar-refractivity contribution < 1.29 is 4.74 Å². The van der Waals surface area contributed by atoms with Gasteiger partial charge in [-0.25, -0.2) is 0 Å². The van der Waals surface area contributed by atoms with Gasteiger partial charge in [-0.3, -0.25) is 0 Å². The molecule has 0 aromatic heterocycles. The van der Waals surface area contributed by atoms with Gasteiger partial charge in [0.25, 0.3) is 0 Å². The fourth-order valence-corrected chi connectivity index (χ4v) is 7.43. The van der Waals surface area contributed by atoms with Gasteiger partial charge >= 0.3 is 0 Å². The molecule has 0 bridgehead atoms. The molecule has 6 aromatic rings. The third-order valence-corrected chi connectivity index (χ3v) is 9.37. The molecule has 1 atom stereocenters. The fraction of sp³-hybridized carbons (Fsp3) is 0.128. The summed E-state index contributed by atoms with van der Waals surface area (Å²) in [6.45, 7) is 7.05. The van der Waals surface area contributed by atoms with Gasteiger partial charge < -0.3 is 4.74 Å². The van der Waals surface area contributed by atoms with Crippen LogP contribution in [-0.4, -0.2) is 0 Å². The highest BCUT2D eigenvalue weighted by molar-refractivity contribution is 5.99. The Balaban J connectivity index is 1.39. The quantitative estimate of drug-likeness (QED) is 0.223. The average molecular weight is 515 g/mol. The molecule has 1 aliphatic carbocycles. The first kappa shape index (κ1) is 23.3. The lowest BCUT2D eigenvalue weighted by Crippen LogP contribution is -2.25. The van der Waals surface area contributed by atoms with E-state index in [1.54, 1.807) is 0 Å². The van der Waals surface area contributed by atoms with Gasteiger partial charge in [-0.05, 0) is 74.8 Å². The molecule has 1 heteroatoms. The van der Waals surface area contributed by atoms with Crippen molar-refractivity contribution in [3.05, 3.63) is 155 Å². The summed E-state index contributed by atoms with van der Waals surface area (Å²) in [5.41, 5.74) is 11.2. The van der Waals surface area contributed by atoms with E-state index in [-0.39, 0.29) is 10.8 Å². The molecule has 8 rings (SSSR count). The Kier molecular flexibility index (Phi) is 4.77. The van der Waals surface area contributed by atoms with Gasteiger partial charge in [0.15, 0.2) is 0 Å². The summed E-state index contributed by atoms with van der Waals surface area (Å²) in [5.74, 6) is 1.90. The van der Waals surface area contributed by atoms with Crippen molar-refractivity contribution in [2.75, 3.05) is 0 Å². The van der Waals surface area contributed by atoms with Crippen LogP contribution < -0.4 is 4.74 Å². The lowest BCUT2D eigenvalue weighted by molar-refractivity contribution is 0.419. The van der Waals surface area contributed by atoms with Crippen LogP contribution in [0.15, 0.2) is 127 Å². The van der Waals surface area contributed by atoms with Crippen LogP contribution in [0.5, 0.6) is 11.5 Å². The predicted molar refractivity (Wildman–Crippen MR) is 165 cm³/mol. The van der Waals surface area contributed by atoms with E-state index in [0.717, 1.165) is 11.5 Å². The van der Waals surface area contributed by atoms with E-state index in [0.29, 0.717) is 0 Å². The van der Waals surface area contributed by atoms with Crippen molar-refractivity contribution >= 4 is 10.8 Å². The first-order chi connectivity index (χ1) is 19.5. The van der Waals surface area contributed by atoms with Crippen LogP contribution in [0.3, 0.4) is 0 Å². The van der Waals surface area contributed by atoms with E-state index >= 15 is 0 Å². The fourth-order valence-electron chi connectivity index (χ4n) is 7.43. The second kappa shape index (κ2) is 8.19. The highest BCUT2D eigenvalue weighted by Gasteiger charge is 2.43. The summed E-state index contributed by atoms with van der Waals surface area (Å²) in [6, 6.07) is 46.5. The van der Waals surface area contributed by atoms with E-state index in [4.69, 9.17) is 4.74 Å². The van der Waals surface area contributed by atoms with Crippen LogP contribution in [0.2, 0.25) is 0 Å². The predicted octanol–water partition coefficient (Wildman–Crippen LogP) is 10.3. The summed E-state index contributed by atoms with van der Waals surface area (Å²) >= 11 is 0.